The topological polar surface area (TPSA) is 116 Å². The van der Waals surface area contributed by atoms with Crippen LogP contribution in [0.3, 0.4) is 0 Å². The predicted octanol–water partition coefficient (Wildman–Crippen LogP) is 2.48. The van der Waals surface area contributed by atoms with Gasteiger partial charge in [0, 0.05) is 38.5 Å². The zero-order valence-electron chi connectivity index (χ0n) is 18.4. The van der Waals surface area contributed by atoms with Crippen LogP contribution in [0.5, 0.6) is 0 Å². The Hall–Kier alpha value is -3.63. The van der Waals surface area contributed by atoms with Crippen molar-refractivity contribution in [2.24, 2.45) is 11.0 Å². The quantitative estimate of drug-likeness (QED) is 0.538. The van der Waals surface area contributed by atoms with Gasteiger partial charge in [0.25, 0.3) is 5.91 Å². The van der Waals surface area contributed by atoms with Gasteiger partial charge < -0.3 is 4.98 Å². The third kappa shape index (κ3) is 4.35. The molecule has 1 aliphatic heterocycles. The number of anilines is 1. The molecule has 0 bridgehead atoms. The normalized spacial score (nSPS) is 16.4. The number of carbonyl (C=O) groups is 2. The number of carbonyl (C=O) groups excluding carboxylic acids is 2. The first-order valence-corrected chi connectivity index (χ1v) is 11.7. The number of amides is 1. The molecule has 1 N–H and O–H groups in total. The lowest BCUT2D eigenvalue weighted by molar-refractivity contribution is -0.128. The lowest BCUT2D eigenvalue weighted by atomic mass is 9.93. The van der Waals surface area contributed by atoms with Gasteiger partial charge in [-0.05, 0) is 42.8 Å². The second kappa shape index (κ2) is 8.72. The molecular weight excluding hydrogens is 442 g/mol. The van der Waals surface area contributed by atoms with Gasteiger partial charge in [0.15, 0.2) is 5.78 Å². The standard InChI is InChI=1S/C23H23N5O4S/c1-15-21(20(29)14-16-5-4-6-17(13-16)22-24-11-12-25-22)23(30)28(26-15)18-7-9-19(10-8-18)33(31,32)27(2)3/h4-13,21H,14H2,1-3H3,(H,24,25). The Kier molecular flexibility index (Phi) is 5.96. The number of benzene rings is 2. The van der Waals surface area contributed by atoms with Crippen molar-refractivity contribution in [1.82, 2.24) is 14.3 Å². The van der Waals surface area contributed by atoms with E-state index in [0.717, 1.165) is 20.4 Å². The molecule has 170 valence electrons. The fourth-order valence-electron chi connectivity index (χ4n) is 3.65. The monoisotopic (exact) mass is 465 g/mol. The van der Waals surface area contributed by atoms with Crippen LogP contribution in [0.25, 0.3) is 11.4 Å². The smallest absolute Gasteiger partial charge is 0.263 e. The Bertz CT molecular complexity index is 1330. The fourth-order valence-corrected chi connectivity index (χ4v) is 4.55. The second-order valence-corrected chi connectivity index (χ2v) is 10.0. The molecule has 33 heavy (non-hydrogen) atoms. The highest BCUT2D eigenvalue weighted by atomic mass is 32.2. The van der Waals surface area contributed by atoms with Crippen LogP contribution in [0.4, 0.5) is 5.69 Å². The van der Waals surface area contributed by atoms with E-state index >= 15 is 0 Å². The molecule has 1 amide bonds. The molecule has 1 aliphatic rings. The van der Waals surface area contributed by atoms with Gasteiger partial charge in [-0.2, -0.15) is 10.1 Å². The van der Waals surface area contributed by atoms with Gasteiger partial charge in [-0.25, -0.2) is 17.7 Å². The summed E-state index contributed by atoms with van der Waals surface area (Å²) in [7, 11) is -0.695. The van der Waals surface area contributed by atoms with E-state index in [1.807, 2.05) is 24.3 Å². The van der Waals surface area contributed by atoms with Crippen LogP contribution in [0.2, 0.25) is 0 Å². The Labute approximate surface area is 191 Å². The summed E-state index contributed by atoms with van der Waals surface area (Å²) in [6, 6.07) is 13.3. The van der Waals surface area contributed by atoms with Crippen molar-refractivity contribution in [2.75, 3.05) is 19.1 Å². The van der Waals surface area contributed by atoms with Crippen LogP contribution in [-0.4, -0.2) is 54.2 Å². The van der Waals surface area contributed by atoms with Crippen molar-refractivity contribution in [3.63, 3.8) is 0 Å². The van der Waals surface area contributed by atoms with E-state index in [-0.39, 0.29) is 17.1 Å². The van der Waals surface area contributed by atoms with E-state index < -0.39 is 21.8 Å². The van der Waals surface area contributed by atoms with Gasteiger partial charge in [0.05, 0.1) is 16.3 Å². The molecule has 1 atom stereocenters. The minimum atomic E-state index is -3.59. The first-order chi connectivity index (χ1) is 15.7. The first-order valence-electron chi connectivity index (χ1n) is 10.2. The van der Waals surface area contributed by atoms with Crippen molar-refractivity contribution < 1.29 is 18.0 Å². The number of rotatable bonds is 7. The molecule has 3 aromatic rings. The van der Waals surface area contributed by atoms with Gasteiger partial charge >= 0.3 is 0 Å². The summed E-state index contributed by atoms with van der Waals surface area (Å²) in [4.78, 5) is 33.4. The molecular formula is C23H23N5O4S. The first kappa shape index (κ1) is 22.6. The van der Waals surface area contributed by atoms with E-state index in [1.165, 1.54) is 38.4 Å². The molecule has 0 radical (unpaired) electrons. The maximum Gasteiger partial charge on any atom is 0.263 e. The summed E-state index contributed by atoms with van der Waals surface area (Å²) in [5.74, 6) is -0.998. The van der Waals surface area contributed by atoms with Crippen molar-refractivity contribution >= 4 is 33.1 Å². The molecule has 9 nitrogen and oxygen atoms in total. The summed E-state index contributed by atoms with van der Waals surface area (Å²) >= 11 is 0. The number of hydrogen-bond donors (Lipinski definition) is 1. The second-order valence-electron chi connectivity index (χ2n) is 7.89. The average molecular weight is 466 g/mol. The van der Waals surface area contributed by atoms with Crippen molar-refractivity contribution in [1.29, 1.82) is 0 Å². The molecule has 1 unspecified atom stereocenters. The fraction of sp³-hybridized carbons (Fsp3) is 0.217. The number of hydrogen-bond acceptors (Lipinski definition) is 6. The number of Topliss-reactive ketones (excluding diaryl/α,β-unsaturated/α-hetero) is 1. The number of hydrazone groups is 1. The highest BCUT2D eigenvalue weighted by Gasteiger charge is 2.39. The summed E-state index contributed by atoms with van der Waals surface area (Å²) in [5, 5.41) is 5.43. The van der Waals surface area contributed by atoms with Crippen LogP contribution in [-0.2, 0) is 26.0 Å². The summed E-state index contributed by atoms with van der Waals surface area (Å²) in [6.45, 7) is 1.64. The molecule has 10 heteroatoms. The van der Waals surface area contributed by atoms with E-state index in [9.17, 15) is 18.0 Å². The summed E-state index contributed by atoms with van der Waals surface area (Å²) in [6.07, 6.45) is 3.45. The lowest BCUT2D eigenvalue weighted by Gasteiger charge is -2.16. The molecule has 0 spiro atoms. The Morgan fingerprint density at radius 1 is 1.15 bits per heavy atom. The number of aromatic nitrogens is 2. The number of aromatic amines is 1. The van der Waals surface area contributed by atoms with Crippen molar-refractivity contribution in [3.8, 4) is 11.4 Å². The van der Waals surface area contributed by atoms with Gasteiger partial charge in [-0.1, -0.05) is 18.2 Å². The van der Waals surface area contributed by atoms with Crippen LogP contribution in [0.15, 0.2) is 70.9 Å². The summed E-state index contributed by atoms with van der Waals surface area (Å²) < 4.78 is 25.6. The molecule has 2 aromatic carbocycles. The van der Waals surface area contributed by atoms with Crippen molar-refractivity contribution in [3.05, 3.63) is 66.5 Å². The molecule has 0 saturated carbocycles. The molecule has 1 aromatic heterocycles. The third-order valence-electron chi connectivity index (χ3n) is 5.39. The predicted molar refractivity (Wildman–Crippen MR) is 124 cm³/mol. The third-order valence-corrected chi connectivity index (χ3v) is 7.22. The SMILES string of the molecule is CC1=NN(c2ccc(S(=O)(=O)N(C)C)cc2)C(=O)C1C(=O)Cc1cccc(-c2ncc[nH]2)c1. The van der Waals surface area contributed by atoms with E-state index in [4.69, 9.17) is 0 Å². The Morgan fingerprint density at radius 3 is 2.52 bits per heavy atom. The lowest BCUT2D eigenvalue weighted by Crippen LogP contribution is -2.33. The molecule has 0 saturated heterocycles. The molecule has 0 aliphatic carbocycles. The summed E-state index contributed by atoms with van der Waals surface area (Å²) in [5.41, 5.74) is 2.42. The maximum atomic E-state index is 13.0. The number of sulfonamides is 1. The zero-order chi connectivity index (χ0) is 23.8. The van der Waals surface area contributed by atoms with Gasteiger partial charge in [0.2, 0.25) is 10.0 Å². The van der Waals surface area contributed by atoms with Crippen molar-refractivity contribution in [2.45, 2.75) is 18.2 Å². The average Bonchev–Trinajstić information content (AvgIpc) is 3.42. The van der Waals surface area contributed by atoms with Crippen LogP contribution >= 0.6 is 0 Å². The largest absolute Gasteiger partial charge is 0.345 e. The van der Waals surface area contributed by atoms with Gasteiger partial charge in [0.1, 0.15) is 11.7 Å². The number of ketones is 1. The number of nitrogens with zero attached hydrogens (tertiary/aromatic N) is 4. The Balaban J connectivity index is 1.51. The van der Waals surface area contributed by atoms with Crippen LogP contribution < -0.4 is 5.01 Å². The van der Waals surface area contributed by atoms with Crippen LogP contribution in [0.1, 0.15) is 12.5 Å². The van der Waals surface area contributed by atoms with E-state index in [1.54, 1.807) is 19.3 Å². The molecule has 4 rings (SSSR count). The molecule has 0 fully saturated rings. The van der Waals surface area contributed by atoms with Crippen LogP contribution in [0, 0.1) is 5.92 Å². The van der Waals surface area contributed by atoms with E-state index in [2.05, 4.69) is 15.1 Å². The minimum Gasteiger partial charge on any atom is -0.345 e. The van der Waals surface area contributed by atoms with E-state index in [0.29, 0.717) is 17.2 Å². The number of imidazole rings is 1. The number of nitrogens with one attached hydrogen (secondary N) is 1. The highest BCUT2D eigenvalue weighted by molar-refractivity contribution is 7.89. The minimum absolute atomic E-state index is 0.0751. The molecule has 2 heterocycles. The maximum absolute atomic E-state index is 13.0. The zero-order valence-corrected chi connectivity index (χ0v) is 19.2. The van der Waals surface area contributed by atoms with Gasteiger partial charge in [-0.15, -0.1) is 0 Å². The highest BCUT2D eigenvalue weighted by Crippen LogP contribution is 2.27. The Morgan fingerprint density at radius 2 is 1.88 bits per heavy atom. The van der Waals surface area contributed by atoms with Gasteiger partial charge in [-0.3, -0.25) is 9.59 Å². The number of H-pyrrole nitrogens is 1.